The van der Waals surface area contributed by atoms with Crippen LogP contribution in [0.15, 0.2) is 138 Å². The van der Waals surface area contributed by atoms with Crippen molar-refractivity contribution in [2.24, 2.45) is 0 Å². The lowest BCUT2D eigenvalue weighted by Crippen LogP contribution is -2.04. The van der Waals surface area contributed by atoms with Crippen molar-refractivity contribution in [1.82, 2.24) is 0 Å². The summed E-state index contributed by atoms with van der Waals surface area (Å²) in [5.74, 6) is 0.900. The first-order valence-corrected chi connectivity index (χ1v) is 14.4. The van der Waals surface area contributed by atoms with E-state index in [-0.39, 0.29) is 10.8 Å². The lowest BCUT2D eigenvalue weighted by molar-refractivity contribution is 0.415. The third kappa shape index (κ3) is 7.10. The van der Waals surface area contributed by atoms with Gasteiger partial charge in [0.15, 0.2) is 0 Å². The van der Waals surface area contributed by atoms with Crippen molar-refractivity contribution in [3.8, 4) is 16.9 Å². The van der Waals surface area contributed by atoms with Crippen molar-refractivity contribution in [2.75, 3.05) is 7.11 Å². The molecule has 0 aliphatic rings. The topological polar surface area (TPSA) is 63.6 Å². The Morgan fingerprint density at radius 1 is 0.632 bits per heavy atom. The highest BCUT2D eigenvalue weighted by molar-refractivity contribution is 14.1. The average Bonchev–Trinajstić information content (AvgIpc) is 2.95. The zero-order valence-corrected chi connectivity index (χ0v) is 23.7. The SMILES string of the molecule is COc1ccc(-c2ccccc2I)cc1.O=S(=O)(O)c1ccc(C(c2ccccc2)c2ccccc2)cc1. The molecule has 0 saturated heterocycles. The molecule has 38 heavy (non-hydrogen) atoms. The van der Waals surface area contributed by atoms with Gasteiger partial charge in [-0.15, -0.1) is 0 Å². The zero-order chi connectivity index (χ0) is 27.0. The number of hydrogen-bond acceptors (Lipinski definition) is 3. The van der Waals surface area contributed by atoms with Crippen molar-refractivity contribution >= 4 is 32.7 Å². The summed E-state index contributed by atoms with van der Waals surface area (Å²) in [5.41, 5.74) is 5.70. The molecule has 0 spiro atoms. The quantitative estimate of drug-likeness (QED) is 0.117. The van der Waals surface area contributed by atoms with Gasteiger partial charge in [0.1, 0.15) is 5.75 Å². The van der Waals surface area contributed by atoms with Gasteiger partial charge < -0.3 is 4.74 Å². The standard InChI is InChI=1S/C19H16O3S.C13H11IO/c20-23(21,22)18-13-11-17(12-14-18)19(15-7-3-1-4-8-15)16-9-5-2-6-10-16;1-15-11-8-6-10(7-9-11)12-4-2-3-5-13(12)14/h1-14,19H,(H,20,21,22);2-9H,1H3. The first-order chi connectivity index (χ1) is 18.4. The van der Waals surface area contributed by atoms with Crippen LogP contribution in [0, 0.1) is 3.57 Å². The van der Waals surface area contributed by atoms with Gasteiger partial charge in [0.25, 0.3) is 10.1 Å². The molecule has 0 aliphatic heterocycles. The number of methoxy groups -OCH3 is 1. The molecule has 0 unspecified atom stereocenters. The van der Waals surface area contributed by atoms with E-state index in [1.165, 1.54) is 26.8 Å². The summed E-state index contributed by atoms with van der Waals surface area (Å²) in [6.07, 6.45) is 0. The monoisotopic (exact) mass is 634 g/mol. The second kappa shape index (κ2) is 12.9. The number of hydrogen-bond donors (Lipinski definition) is 1. The van der Waals surface area contributed by atoms with Gasteiger partial charge >= 0.3 is 0 Å². The molecule has 0 radical (unpaired) electrons. The maximum Gasteiger partial charge on any atom is 0.294 e. The predicted molar refractivity (Wildman–Crippen MR) is 161 cm³/mol. The molecule has 192 valence electrons. The van der Waals surface area contributed by atoms with Crippen molar-refractivity contribution in [1.29, 1.82) is 0 Å². The maximum absolute atomic E-state index is 11.2. The average molecular weight is 635 g/mol. The maximum atomic E-state index is 11.2. The van der Waals surface area contributed by atoms with Crippen LogP contribution in [0.25, 0.3) is 11.1 Å². The third-order valence-corrected chi connectivity index (χ3v) is 7.86. The van der Waals surface area contributed by atoms with Gasteiger partial charge in [-0.2, -0.15) is 8.42 Å². The molecule has 0 saturated carbocycles. The van der Waals surface area contributed by atoms with Gasteiger partial charge in [-0.05, 0) is 80.7 Å². The van der Waals surface area contributed by atoms with Gasteiger partial charge in [-0.1, -0.05) is 103 Å². The van der Waals surface area contributed by atoms with Crippen LogP contribution in [0.3, 0.4) is 0 Å². The molecule has 0 atom stereocenters. The molecule has 0 aromatic heterocycles. The number of halogens is 1. The van der Waals surface area contributed by atoms with Crippen LogP contribution in [-0.4, -0.2) is 20.1 Å². The van der Waals surface area contributed by atoms with E-state index >= 15 is 0 Å². The molecule has 1 N–H and O–H groups in total. The molecule has 5 rings (SSSR count). The Kier molecular flexibility index (Phi) is 9.33. The van der Waals surface area contributed by atoms with Gasteiger partial charge in [-0.25, -0.2) is 0 Å². The smallest absolute Gasteiger partial charge is 0.294 e. The summed E-state index contributed by atoms with van der Waals surface area (Å²) in [5, 5.41) is 0. The molecular formula is C32H27IO4S. The van der Waals surface area contributed by atoms with E-state index in [2.05, 4.69) is 59.0 Å². The molecule has 5 aromatic rings. The Labute approximate surface area is 237 Å². The van der Waals surface area contributed by atoms with E-state index in [1.54, 1.807) is 19.2 Å². The Bertz CT molecular complexity index is 1510. The van der Waals surface area contributed by atoms with E-state index in [4.69, 9.17) is 9.29 Å². The minimum atomic E-state index is -4.17. The molecule has 0 heterocycles. The van der Waals surface area contributed by atoms with Crippen LogP contribution in [0.1, 0.15) is 22.6 Å². The number of ether oxygens (including phenoxy) is 1. The Balaban J connectivity index is 0.000000194. The fraction of sp³-hybridized carbons (Fsp3) is 0.0625. The van der Waals surface area contributed by atoms with Crippen LogP contribution in [-0.2, 0) is 10.1 Å². The minimum Gasteiger partial charge on any atom is -0.497 e. The van der Waals surface area contributed by atoms with E-state index in [1.807, 2.05) is 72.8 Å². The molecule has 6 heteroatoms. The van der Waals surface area contributed by atoms with Crippen LogP contribution in [0.5, 0.6) is 5.75 Å². The fourth-order valence-corrected chi connectivity index (χ4v) is 5.35. The van der Waals surface area contributed by atoms with Gasteiger partial charge in [-0.3, -0.25) is 4.55 Å². The first-order valence-electron chi connectivity index (χ1n) is 11.9. The van der Waals surface area contributed by atoms with E-state index in [0.29, 0.717) is 0 Å². The summed E-state index contributed by atoms with van der Waals surface area (Å²) in [4.78, 5) is -0.0962. The normalized spacial score (nSPS) is 10.9. The Hall–Kier alpha value is -3.46. The molecule has 4 nitrogen and oxygen atoms in total. The van der Waals surface area contributed by atoms with Gasteiger partial charge in [0.05, 0.1) is 12.0 Å². The van der Waals surface area contributed by atoms with Crippen molar-refractivity contribution < 1.29 is 17.7 Å². The highest BCUT2D eigenvalue weighted by Crippen LogP contribution is 2.32. The molecule has 0 bridgehead atoms. The lowest BCUT2D eigenvalue weighted by atomic mass is 9.85. The second-order valence-corrected chi connectivity index (χ2v) is 11.1. The van der Waals surface area contributed by atoms with Crippen LogP contribution >= 0.6 is 22.6 Å². The molecular weight excluding hydrogens is 607 g/mol. The zero-order valence-electron chi connectivity index (χ0n) is 20.7. The van der Waals surface area contributed by atoms with Crippen LogP contribution in [0.4, 0.5) is 0 Å². The Morgan fingerprint density at radius 3 is 1.58 bits per heavy atom. The van der Waals surface area contributed by atoms with E-state index < -0.39 is 10.1 Å². The molecule has 0 fully saturated rings. The van der Waals surface area contributed by atoms with Gasteiger partial charge in [0, 0.05) is 9.49 Å². The van der Waals surface area contributed by atoms with Crippen LogP contribution in [0.2, 0.25) is 0 Å². The van der Waals surface area contributed by atoms with Crippen molar-refractivity contribution in [2.45, 2.75) is 10.8 Å². The molecule has 0 aliphatic carbocycles. The fourth-order valence-electron chi connectivity index (χ4n) is 4.17. The number of benzene rings is 5. The minimum absolute atomic E-state index is 0.00727. The molecule has 5 aromatic carbocycles. The summed E-state index contributed by atoms with van der Waals surface area (Å²) >= 11 is 2.35. The first kappa shape index (κ1) is 27.6. The summed E-state index contributed by atoms with van der Waals surface area (Å²) < 4.78 is 37.9. The third-order valence-electron chi connectivity index (χ3n) is 6.05. The second-order valence-electron chi connectivity index (χ2n) is 8.51. The van der Waals surface area contributed by atoms with Crippen molar-refractivity contribution in [3.05, 3.63) is 154 Å². The van der Waals surface area contributed by atoms with Gasteiger partial charge in [0.2, 0.25) is 0 Å². The summed E-state index contributed by atoms with van der Waals surface area (Å²) in [7, 11) is -2.49. The van der Waals surface area contributed by atoms with Crippen molar-refractivity contribution in [3.63, 3.8) is 0 Å². The Morgan fingerprint density at radius 2 is 1.11 bits per heavy atom. The van der Waals surface area contributed by atoms with Crippen LogP contribution < -0.4 is 4.74 Å². The lowest BCUT2D eigenvalue weighted by Gasteiger charge is -2.19. The summed E-state index contributed by atoms with van der Waals surface area (Å²) in [6.45, 7) is 0. The molecule has 0 amide bonds. The summed E-state index contributed by atoms with van der Waals surface area (Å²) in [6, 6.07) is 42.9. The highest BCUT2D eigenvalue weighted by Gasteiger charge is 2.17. The van der Waals surface area contributed by atoms with E-state index in [9.17, 15) is 8.42 Å². The van der Waals surface area contributed by atoms with E-state index in [0.717, 1.165) is 22.4 Å². The highest BCUT2D eigenvalue weighted by atomic mass is 127. The largest absolute Gasteiger partial charge is 0.497 e. The predicted octanol–water partition coefficient (Wildman–Crippen LogP) is 8.08. The number of rotatable bonds is 6.